The fourth-order valence-corrected chi connectivity index (χ4v) is 4.00. The molecule has 2 aromatic rings. The molecule has 0 unspecified atom stereocenters. The van der Waals surface area contributed by atoms with Crippen LogP contribution < -0.4 is 4.74 Å². The smallest absolute Gasteiger partial charge is 0.429 e. The summed E-state index contributed by atoms with van der Waals surface area (Å²) in [7, 11) is 0. The van der Waals surface area contributed by atoms with Crippen LogP contribution >= 0.6 is 0 Å². The summed E-state index contributed by atoms with van der Waals surface area (Å²) in [5, 5.41) is 8.65. The molecule has 1 aliphatic rings. The van der Waals surface area contributed by atoms with Crippen molar-refractivity contribution >= 4 is 0 Å². The maximum Gasteiger partial charge on any atom is 0.429 e. The summed E-state index contributed by atoms with van der Waals surface area (Å²) in [6, 6.07) is 5.71. The van der Waals surface area contributed by atoms with Crippen molar-refractivity contribution in [2.24, 2.45) is 5.92 Å². The van der Waals surface area contributed by atoms with Crippen LogP contribution in [-0.2, 0) is 6.11 Å². The number of halogens is 5. The van der Waals surface area contributed by atoms with Gasteiger partial charge in [0.25, 0.3) is 0 Å². The van der Waals surface area contributed by atoms with Gasteiger partial charge < -0.3 is 4.74 Å². The lowest BCUT2D eigenvalue weighted by Crippen LogP contribution is -2.24. The van der Waals surface area contributed by atoms with E-state index in [1.807, 2.05) is 13.0 Å². The van der Waals surface area contributed by atoms with Gasteiger partial charge in [0.15, 0.2) is 0 Å². The maximum atomic E-state index is 14.6. The maximum absolute atomic E-state index is 14.6. The van der Waals surface area contributed by atoms with Crippen LogP contribution in [-0.4, -0.2) is 0 Å². The topological polar surface area (TPSA) is 33.0 Å². The van der Waals surface area contributed by atoms with Crippen molar-refractivity contribution in [2.45, 2.75) is 51.1 Å². The number of allylic oxidation sites excluding steroid dienone is 2. The predicted molar refractivity (Wildman–Crippen MR) is 106 cm³/mol. The highest BCUT2D eigenvalue weighted by Crippen LogP contribution is 2.40. The van der Waals surface area contributed by atoms with Crippen LogP contribution in [0.1, 0.15) is 61.6 Å². The largest absolute Gasteiger partial charge is 0.429 e. The van der Waals surface area contributed by atoms with Gasteiger partial charge in [-0.2, -0.15) is 14.0 Å². The lowest BCUT2D eigenvalue weighted by atomic mass is 9.77. The summed E-state index contributed by atoms with van der Waals surface area (Å²) in [5.41, 5.74) is -1.29. The Labute approximate surface area is 178 Å². The standard InChI is InChI=1S/C24H22F5NO/c1-2-3-4-15-5-7-16(8-6-15)17-9-10-20(23(27)11-17)24(28,29)31-18-12-21(25)19(14-30)22(26)13-18/h2-3,9-13,15-16H,4-8H2,1H3. The summed E-state index contributed by atoms with van der Waals surface area (Å²) in [6.07, 6.45) is 4.71. The zero-order chi connectivity index (χ0) is 22.6. The second-order valence-corrected chi connectivity index (χ2v) is 7.75. The van der Waals surface area contributed by atoms with E-state index in [1.54, 1.807) is 0 Å². The van der Waals surface area contributed by atoms with E-state index in [9.17, 15) is 22.0 Å². The molecule has 0 aliphatic heterocycles. The van der Waals surface area contributed by atoms with Crippen LogP contribution in [0, 0.1) is 34.7 Å². The zero-order valence-corrected chi connectivity index (χ0v) is 17.0. The van der Waals surface area contributed by atoms with Gasteiger partial charge in [0.1, 0.15) is 34.8 Å². The molecule has 2 nitrogen and oxygen atoms in total. The van der Waals surface area contributed by atoms with E-state index >= 15 is 0 Å². The summed E-state index contributed by atoms with van der Waals surface area (Å²) >= 11 is 0. The normalized spacial score (nSPS) is 19.4. The minimum absolute atomic E-state index is 0.0988. The Kier molecular flexibility index (Phi) is 6.99. The molecule has 7 heteroatoms. The second kappa shape index (κ2) is 9.51. The van der Waals surface area contributed by atoms with E-state index in [0.717, 1.165) is 44.2 Å². The van der Waals surface area contributed by atoms with Crippen molar-refractivity contribution in [3.05, 3.63) is 76.6 Å². The number of alkyl halides is 2. The molecule has 1 aliphatic carbocycles. The number of hydrogen-bond donors (Lipinski definition) is 0. The summed E-state index contributed by atoms with van der Waals surface area (Å²) in [6.45, 7) is 1.98. The van der Waals surface area contributed by atoms with Gasteiger partial charge in [0, 0.05) is 12.1 Å². The molecular weight excluding hydrogens is 413 g/mol. The van der Waals surface area contributed by atoms with Gasteiger partial charge in [0.2, 0.25) is 0 Å². The van der Waals surface area contributed by atoms with Crippen molar-refractivity contribution in [3.8, 4) is 11.8 Å². The third-order valence-electron chi connectivity index (χ3n) is 5.70. The molecule has 0 heterocycles. The molecule has 3 rings (SSSR count). The fraction of sp³-hybridized carbons (Fsp3) is 0.375. The van der Waals surface area contributed by atoms with Crippen molar-refractivity contribution in [3.63, 3.8) is 0 Å². The van der Waals surface area contributed by atoms with Crippen molar-refractivity contribution in [1.29, 1.82) is 5.26 Å². The third-order valence-corrected chi connectivity index (χ3v) is 5.70. The number of nitrogens with zero attached hydrogens (tertiary/aromatic N) is 1. The average molecular weight is 435 g/mol. The van der Waals surface area contributed by atoms with Crippen LogP contribution in [0.15, 0.2) is 42.5 Å². The highest BCUT2D eigenvalue weighted by molar-refractivity contribution is 5.38. The summed E-state index contributed by atoms with van der Waals surface area (Å²) in [5.74, 6) is -3.98. The van der Waals surface area contributed by atoms with Crippen molar-refractivity contribution in [2.75, 3.05) is 0 Å². The van der Waals surface area contributed by atoms with Crippen LogP contribution in [0.4, 0.5) is 22.0 Å². The van der Waals surface area contributed by atoms with Crippen LogP contribution in [0.2, 0.25) is 0 Å². The van der Waals surface area contributed by atoms with Gasteiger partial charge in [-0.15, -0.1) is 0 Å². The molecule has 0 bridgehead atoms. The lowest BCUT2D eigenvalue weighted by molar-refractivity contribution is -0.187. The number of nitriles is 1. The molecule has 0 radical (unpaired) electrons. The molecule has 1 saturated carbocycles. The van der Waals surface area contributed by atoms with E-state index in [4.69, 9.17) is 5.26 Å². The van der Waals surface area contributed by atoms with Gasteiger partial charge in [-0.05, 0) is 68.6 Å². The Morgan fingerprint density at radius 3 is 2.23 bits per heavy atom. The first-order valence-electron chi connectivity index (χ1n) is 10.1. The SMILES string of the molecule is CC=CCC1CCC(c2ccc(C(F)(F)Oc3cc(F)c(C#N)c(F)c3)c(F)c2)CC1. The highest BCUT2D eigenvalue weighted by atomic mass is 19.3. The van der Waals surface area contributed by atoms with E-state index in [2.05, 4.69) is 10.8 Å². The van der Waals surface area contributed by atoms with E-state index < -0.39 is 40.4 Å². The quantitative estimate of drug-likeness (QED) is 0.351. The predicted octanol–water partition coefficient (Wildman–Crippen LogP) is 7.34. The molecule has 31 heavy (non-hydrogen) atoms. The molecule has 0 N–H and O–H groups in total. The molecule has 164 valence electrons. The molecule has 0 spiro atoms. The van der Waals surface area contributed by atoms with Crippen molar-refractivity contribution < 1.29 is 26.7 Å². The number of benzene rings is 2. The first kappa shape index (κ1) is 22.8. The lowest BCUT2D eigenvalue weighted by Gasteiger charge is -2.28. The highest BCUT2D eigenvalue weighted by Gasteiger charge is 2.38. The summed E-state index contributed by atoms with van der Waals surface area (Å²) < 4.78 is 75.3. The first-order valence-corrected chi connectivity index (χ1v) is 10.1. The Morgan fingerprint density at radius 2 is 1.68 bits per heavy atom. The number of rotatable bonds is 6. The molecule has 1 fully saturated rings. The average Bonchev–Trinajstić information content (AvgIpc) is 2.72. The molecule has 0 aromatic heterocycles. The van der Waals surface area contributed by atoms with Gasteiger partial charge in [-0.1, -0.05) is 18.2 Å². The number of ether oxygens (including phenoxy) is 1. The van der Waals surface area contributed by atoms with Crippen LogP contribution in [0.25, 0.3) is 0 Å². The van der Waals surface area contributed by atoms with Gasteiger partial charge in [0.05, 0.1) is 5.56 Å². The zero-order valence-electron chi connectivity index (χ0n) is 17.0. The third kappa shape index (κ3) is 5.25. The Hall–Kier alpha value is -2.88. The first-order chi connectivity index (χ1) is 14.7. The minimum atomic E-state index is -4.15. The second-order valence-electron chi connectivity index (χ2n) is 7.75. The Bertz CT molecular complexity index is 981. The van der Waals surface area contributed by atoms with Crippen molar-refractivity contribution in [1.82, 2.24) is 0 Å². The van der Waals surface area contributed by atoms with Gasteiger partial charge in [-0.3, -0.25) is 0 Å². The minimum Gasteiger partial charge on any atom is -0.429 e. The molecular formula is C24H22F5NO. The van der Waals surface area contributed by atoms with E-state index in [-0.39, 0.29) is 5.92 Å². The molecule has 0 atom stereocenters. The Morgan fingerprint density at radius 1 is 1.03 bits per heavy atom. The Balaban J connectivity index is 1.74. The van der Waals surface area contributed by atoms with E-state index in [1.165, 1.54) is 12.1 Å². The number of hydrogen-bond acceptors (Lipinski definition) is 2. The van der Waals surface area contributed by atoms with Crippen LogP contribution in [0.3, 0.4) is 0 Å². The van der Waals surface area contributed by atoms with Gasteiger partial charge >= 0.3 is 6.11 Å². The van der Waals surface area contributed by atoms with Crippen LogP contribution in [0.5, 0.6) is 5.75 Å². The fourth-order valence-electron chi connectivity index (χ4n) is 4.00. The molecule has 0 saturated heterocycles. The van der Waals surface area contributed by atoms with Gasteiger partial charge in [-0.25, -0.2) is 13.2 Å². The van der Waals surface area contributed by atoms with E-state index in [0.29, 0.717) is 23.6 Å². The molecule has 2 aromatic carbocycles. The monoisotopic (exact) mass is 435 g/mol. The molecule has 0 amide bonds. The summed E-state index contributed by atoms with van der Waals surface area (Å²) in [4.78, 5) is 0.